The SMILES string of the molecule is CCOC(=O)C(=O)c1ccc(OC2CCSCC2)c(OC)c1. The molecule has 0 radical (unpaired) electrons. The third kappa shape index (κ3) is 4.16. The predicted molar refractivity (Wildman–Crippen MR) is 84.9 cm³/mol. The molecule has 5 nitrogen and oxygen atoms in total. The number of benzene rings is 1. The molecule has 2 rings (SSSR count). The number of esters is 1. The second-order valence-electron chi connectivity index (χ2n) is 4.84. The normalized spacial score (nSPS) is 15.2. The van der Waals surface area contributed by atoms with E-state index in [1.807, 2.05) is 11.8 Å². The third-order valence-electron chi connectivity index (χ3n) is 3.35. The van der Waals surface area contributed by atoms with Crippen LogP contribution in [-0.4, -0.2) is 43.1 Å². The smallest absolute Gasteiger partial charge is 0.379 e. The first kappa shape index (κ1) is 16.7. The van der Waals surface area contributed by atoms with Crippen LogP contribution in [0.25, 0.3) is 0 Å². The molecular formula is C16H20O5S. The van der Waals surface area contributed by atoms with Crippen molar-refractivity contribution in [2.45, 2.75) is 25.9 Å². The summed E-state index contributed by atoms with van der Waals surface area (Å²) in [5.74, 6) is 1.69. The number of Topliss-reactive ketones (excluding diaryl/α,β-unsaturated/α-hetero) is 1. The summed E-state index contributed by atoms with van der Waals surface area (Å²) in [6, 6.07) is 4.76. The van der Waals surface area contributed by atoms with E-state index in [-0.39, 0.29) is 18.3 Å². The lowest BCUT2D eigenvalue weighted by Crippen LogP contribution is -2.22. The van der Waals surface area contributed by atoms with E-state index in [4.69, 9.17) is 14.2 Å². The van der Waals surface area contributed by atoms with Gasteiger partial charge in [0.2, 0.25) is 0 Å². The van der Waals surface area contributed by atoms with Crippen molar-refractivity contribution in [2.75, 3.05) is 25.2 Å². The molecule has 0 unspecified atom stereocenters. The molecule has 1 aromatic carbocycles. The molecule has 1 heterocycles. The number of carbonyl (C=O) groups is 2. The summed E-state index contributed by atoms with van der Waals surface area (Å²) in [4.78, 5) is 23.4. The molecule has 0 aromatic heterocycles. The fraction of sp³-hybridized carbons (Fsp3) is 0.500. The van der Waals surface area contributed by atoms with Gasteiger partial charge in [0.25, 0.3) is 5.78 Å². The first-order valence-electron chi connectivity index (χ1n) is 7.29. The largest absolute Gasteiger partial charge is 0.493 e. The topological polar surface area (TPSA) is 61.8 Å². The van der Waals surface area contributed by atoms with E-state index in [9.17, 15) is 9.59 Å². The number of rotatable bonds is 6. The Morgan fingerprint density at radius 3 is 2.59 bits per heavy atom. The molecule has 22 heavy (non-hydrogen) atoms. The van der Waals surface area contributed by atoms with Crippen LogP contribution in [0.3, 0.4) is 0 Å². The maximum absolute atomic E-state index is 11.9. The molecule has 1 aliphatic rings. The highest BCUT2D eigenvalue weighted by molar-refractivity contribution is 7.99. The van der Waals surface area contributed by atoms with Gasteiger partial charge in [-0.15, -0.1) is 0 Å². The summed E-state index contributed by atoms with van der Waals surface area (Å²) >= 11 is 1.93. The Balaban J connectivity index is 2.13. The lowest BCUT2D eigenvalue weighted by Gasteiger charge is -2.23. The molecule has 0 spiro atoms. The van der Waals surface area contributed by atoms with Crippen LogP contribution >= 0.6 is 11.8 Å². The lowest BCUT2D eigenvalue weighted by atomic mass is 10.1. The number of hydrogen-bond donors (Lipinski definition) is 0. The fourth-order valence-electron chi connectivity index (χ4n) is 2.19. The average Bonchev–Trinajstić information content (AvgIpc) is 2.55. The second kappa shape index (κ2) is 8.08. The van der Waals surface area contributed by atoms with Crippen LogP contribution in [0.15, 0.2) is 18.2 Å². The Bertz CT molecular complexity index is 537. The van der Waals surface area contributed by atoms with E-state index >= 15 is 0 Å². The van der Waals surface area contributed by atoms with E-state index in [2.05, 4.69) is 0 Å². The van der Waals surface area contributed by atoms with Gasteiger partial charge in [-0.2, -0.15) is 11.8 Å². The van der Waals surface area contributed by atoms with Crippen LogP contribution in [0.4, 0.5) is 0 Å². The van der Waals surface area contributed by atoms with Crippen molar-refractivity contribution >= 4 is 23.5 Å². The molecule has 120 valence electrons. The highest BCUT2D eigenvalue weighted by Crippen LogP contribution is 2.31. The minimum Gasteiger partial charge on any atom is -0.493 e. The van der Waals surface area contributed by atoms with Gasteiger partial charge in [0.05, 0.1) is 13.7 Å². The summed E-state index contributed by atoms with van der Waals surface area (Å²) < 4.78 is 16.0. The minimum absolute atomic E-state index is 0.168. The molecule has 1 saturated heterocycles. The Morgan fingerprint density at radius 2 is 1.95 bits per heavy atom. The van der Waals surface area contributed by atoms with Crippen molar-refractivity contribution in [3.63, 3.8) is 0 Å². The van der Waals surface area contributed by atoms with Crippen molar-refractivity contribution in [2.24, 2.45) is 0 Å². The van der Waals surface area contributed by atoms with E-state index in [1.54, 1.807) is 19.1 Å². The Labute approximate surface area is 134 Å². The molecular weight excluding hydrogens is 304 g/mol. The molecule has 0 bridgehead atoms. The van der Waals surface area contributed by atoms with Crippen LogP contribution in [0.2, 0.25) is 0 Å². The summed E-state index contributed by atoms with van der Waals surface area (Å²) in [5.41, 5.74) is 0.238. The first-order chi connectivity index (χ1) is 10.7. The number of thioether (sulfide) groups is 1. The van der Waals surface area contributed by atoms with Crippen molar-refractivity contribution < 1.29 is 23.8 Å². The standard InChI is InChI=1S/C16H20O5S/c1-3-20-16(18)15(17)11-4-5-13(14(10-11)19-2)21-12-6-8-22-9-7-12/h4-5,10,12H,3,6-9H2,1-2H3. The lowest BCUT2D eigenvalue weighted by molar-refractivity contribution is -0.137. The maximum Gasteiger partial charge on any atom is 0.379 e. The summed E-state index contributed by atoms with van der Waals surface area (Å²) in [7, 11) is 1.51. The van der Waals surface area contributed by atoms with Gasteiger partial charge >= 0.3 is 5.97 Å². The number of hydrogen-bond acceptors (Lipinski definition) is 6. The van der Waals surface area contributed by atoms with Gasteiger partial charge in [-0.25, -0.2) is 4.79 Å². The second-order valence-corrected chi connectivity index (χ2v) is 6.07. The zero-order chi connectivity index (χ0) is 15.9. The van der Waals surface area contributed by atoms with E-state index in [1.165, 1.54) is 13.2 Å². The van der Waals surface area contributed by atoms with Crippen molar-refractivity contribution in [1.29, 1.82) is 0 Å². The summed E-state index contributed by atoms with van der Waals surface area (Å²) in [6.45, 7) is 1.83. The Morgan fingerprint density at radius 1 is 1.23 bits per heavy atom. The van der Waals surface area contributed by atoms with Crippen LogP contribution in [-0.2, 0) is 9.53 Å². The van der Waals surface area contributed by atoms with Gasteiger partial charge in [0, 0.05) is 5.56 Å². The van der Waals surface area contributed by atoms with Gasteiger partial charge < -0.3 is 14.2 Å². The van der Waals surface area contributed by atoms with E-state index in [0.717, 1.165) is 24.3 Å². The fourth-order valence-corrected chi connectivity index (χ4v) is 3.26. The van der Waals surface area contributed by atoms with Gasteiger partial charge in [0.15, 0.2) is 11.5 Å². The van der Waals surface area contributed by atoms with Gasteiger partial charge in [0.1, 0.15) is 6.10 Å². The van der Waals surface area contributed by atoms with Crippen LogP contribution in [0, 0.1) is 0 Å². The van der Waals surface area contributed by atoms with Gasteiger partial charge in [-0.3, -0.25) is 4.79 Å². The monoisotopic (exact) mass is 324 g/mol. The summed E-state index contributed by atoms with van der Waals surface area (Å²) in [6.07, 6.45) is 2.16. The van der Waals surface area contributed by atoms with Gasteiger partial charge in [-0.05, 0) is 49.5 Å². The molecule has 1 aromatic rings. The van der Waals surface area contributed by atoms with Crippen LogP contribution < -0.4 is 9.47 Å². The number of ketones is 1. The molecule has 0 atom stereocenters. The van der Waals surface area contributed by atoms with E-state index in [0.29, 0.717) is 11.5 Å². The molecule has 6 heteroatoms. The highest BCUT2D eigenvalue weighted by atomic mass is 32.2. The maximum atomic E-state index is 11.9. The molecule has 1 aliphatic heterocycles. The van der Waals surface area contributed by atoms with Crippen molar-refractivity contribution in [3.8, 4) is 11.5 Å². The molecule has 0 amide bonds. The number of carbonyl (C=O) groups excluding carboxylic acids is 2. The zero-order valence-corrected chi connectivity index (χ0v) is 13.6. The van der Waals surface area contributed by atoms with Gasteiger partial charge in [-0.1, -0.05) is 0 Å². The van der Waals surface area contributed by atoms with Crippen LogP contribution in [0.1, 0.15) is 30.1 Å². The Kier molecular flexibility index (Phi) is 6.12. The first-order valence-corrected chi connectivity index (χ1v) is 8.45. The van der Waals surface area contributed by atoms with Crippen LogP contribution in [0.5, 0.6) is 11.5 Å². The third-order valence-corrected chi connectivity index (χ3v) is 4.40. The Hall–Kier alpha value is -1.69. The van der Waals surface area contributed by atoms with E-state index < -0.39 is 11.8 Å². The molecule has 0 N–H and O–H groups in total. The van der Waals surface area contributed by atoms with Crippen molar-refractivity contribution in [3.05, 3.63) is 23.8 Å². The quantitative estimate of drug-likeness (QED) is 0.455. The average molecular weight is 324 g/mol. The van der Waals surface area contributed by atoms with Crippen molar-refractivity contribution in [1.82, 2.24) is 0 Å². The molecule has 0 saturated carbocycles. The predicted octanol–water partition coefficient (Wildman–Crippen LogP) is 2.72. The minimum atomic E-state index is -0.859. The summed E-state index contributed by atoms with van der Waals surface area (Å²) in [5, 5.41) is 0. The number of ether oxygens (including phenoxy) is 3. The highest BCUT2D eigenvalue weighted by Gasteiger charge is 2.21. The molecule has 0 aliphatic carbocycles. The number of methoxy groups -OCH3 is 1. The zero-order valence-electron chi connectivity index (χ0n) is 12.8. The molecule has 1 fully saturated rings.